The Morgan fingerprint density at radius 2 is 1.59 bits per heavy atom. The van der Waals surface area contributed by atoms with Crippen LogP contribution >= 0.6 is 0 Å². The van der Waals surface area contributed by atoms with E-state index in [0.29, 0.717) is 16.8 Å². The van der Waals surface area contributed by atoms with Crippen LogP contribution in [0.2, 0.25) is 0 Å². The molecule has 0 bridgehead atoms. The van der Waals surface area contributed by atoms with E-state index in [2.05, 4.69) is 0 Å². The molecule has 190 valence electrons. The second-order valence-electron chi connectivity index (χ2n) is 10.1. The molecule has 0 radical (unpaired) electrons. The van der Waals surface area contributed by atoms with Crippen molar-refractivity contribution in [2.45, 2.75) is 44.1 Å². The van der Waals surface area contributed by atoms with Crippen molar-refractivity contribution in [3.05, 3.63) is 118 Å². The first-order valence-corrected chi connectivity index (χ1v) is 12.2. The first kappa shape index (κ1) is 25.8. The van der Waals surface area contributed by atoms with Crippen molar-refractivity contribution in [3.8, 4) is 0 Å². The minimum Gasteiger partial charge on any atom is -0.443 e. The monoisotopic (exact) mass is 498 g/mol. The van der Waals surface area contributed by atoms with E-state index in [9.17, 15) is 19.7 Å². The molecule has 37 heavy (non-hydrogen) atoms. The van der Waals surface area contributed by atoms with E-state index >= 15 is 0 Å². The van der Waals surface area contributed by atoms with Crippen molar-refractivity contribution in [1.29, 1.82) is 0 Å². The number of hydrogen-bond donors (Lipinski definition) is 0. The van der Waals surface area contributed by atoms with Crippen LogP contribution in [0.25, 0.3) is 6.08 Å². The molecule has 3 aromatic carbocycles. The van der Waals surface area contributed by atoms with Gasteiger partial charge in [0.25, 0.3) is 0 Å². The molecule has 0 aromatic heterocycles. The van der Waals surface area contributed by atoms with Crippen LogP contribution in [0.3, 0.4) is 0 Å². The predicted molar refractivity (Wildman–Crippen MR) is 143 cm³/mol. The van der Waals surface area contributed by atoms with Gasteiger partial charge in [-0.3, -0.25) is 14.9 Å². The van der Waals surface area contributed by atoms with Gasteiger partial charge >= 0.3 is 6.09 Å². The van der Waals surface area contributed by atoms with Gasteiger partial charge in [0, 0.05) is 4.92 Å². The van der Waals surface area contributed by atoms with Gasteiger partial charge in [0.05, 0.1) is 17.0 Å². The molecule has 0 unspecified atom stereocenters. The Hall–Kier alpha value is -4.26. The minimum absolute atomic E-state index is 0.157. The van der Waals surface area contributed by atoms with Crippen LogP contribution in [0.5, 0.6) is 0 Å². The van der Waals surface area contributed by atoms with Crippen molar-refractivity contribution in [3.63, 3.8) is 0 Å². The molecular formula is C30H30N2O5. The number of imide groups is 1. The van der Waals surface area contributed by atoms with E-state index in [1.165, 1.54) is 0 Å². The molecule has 0 saturated heterocycles. The third-order valence-electron chi connectivity index (χ3n) is 6.46. The largest absolute Gasteiger partial charge is 0.443 e. The molecule has 2 amide bonds. The molecule has 7 heteroatoms. The third-order valence-corrected chi connectivity index (χ3v) is 6.46. The molecule has 1 aliphatic rings. The molecule has 0 aliphatic carbocycles. The van der Waals surface area contributed by atoms with Gasteiger partial charge in [-0.25, -0.2) is 9.69 Å². The van der Waals surface area contributed by atoms with Gasteiger partial charge < -0.3 is 4.74 Å². The maximum atomic E-state index is 14.4. The summed E-state index contributed by atoms with van der Waals surface area (Å²) in [7, 11) is 0. The van der Waals surface area contributed by atoms with Gasteiger partial charge in [0.15, 0.2) is 0 Å². The normalized spacial score (nSPS) is 18.0. The molecule has 0 spiro atoms. The van der Waals surface area contributed by atoms with Crippen LogP contribution in [0.4, 0.5) is 10.5 Å². The molecule has 1 aliphatic heterocycles. The Balaban J connectivity index is 1.91. The molecule has 4 rings (SSSR count). The van der Waals surface area contributed by atoms with E-state index in [1.807, 2.05) is 48.6 Å². The highest BCUT2D eigenvalue weighted by atomic mass is 16.6. The fourth-order valence-electron chi connectivity index (χ4n) is 4.96. The Bertz CT molecular complexity index is 1310. The van der Waals surface area contributed by atoms with Crippen molar-refractivity contribution in [2.75, 3.05) is 11.4 Å². The smallest absolute Gasteiger partial charge is 0.421 e. The number of anilines is 1. The summed E-state index contributed by atoms with van der Waals surface area (Å²) in [5, 5.41) is 12.0. The molecule has 0 saturated carbocycles. The summed E-state index contributed by atoms with van der Waals surface area (Å²) < 4.78 is 5.60. The third kappa shape index (κ3) is 5.31. The zero-order valence-electron chi connectivity index (χ0n) is 21.2. The first-order chi connectivity index (χ1) is 17.6. The van der Waals surface area contributed by atoms with Crippen LogP contribution in [0.15, 0.2) is 91.0 Å². The van der Waals surface area contributed by atoms with Crippen molar-refractivity contribution < 1.29 is 19.2 Å². The number of nitrogens with zero attached hydrogens (tertiary/aromatic N) is 2. The van der Waals surface area contributed by atoms with E-state index in [1.54, 1.807) is 69.3 Å². The fraction of sp³-hybridized carbons (Fsp3) is 0.267. The van der Waals surface area contributed by atoms with Crippen LogP contribution in [0, 0.1) is 10.1 Å². The molecule has 0 N–H and O–H groups in total. The van der Waals surface area contributed by atoms with Gasteiger partial charge in [-0.15, -0.1) is 0 Å². The van der Waals surface area contributed by atoms with Crippen molar-refractivity contribution >= 4 is 23.8 Å². The van der Waals surface area contributed by atoms with Gasteiger partial charge in [-0.05, 0) is 49.9 Å². The second kappa shape index (κ2) is 10.4. The van der Waals surface area contributed by atoms with Gasteiger partial charge in [0.2, 0.25) is 12.5 Å². The minimum atomic E-state index is -1.40. The highest BCUT2D eigenvalue weighted by molar-refractivity contribution is 6.21. The quantitative estimate of drug-likeness (QED) is 0.279. The fourth-order valence-corrected chi connectivity index (χ4v) is 4.96. The lowest BCUT2D eigenvalue weighted by Gasteiger charge is -2.34. The molecular weight excluding hydrogens is 468 g/mol. The number of amides is 2. The summed E-state index contributed by atoms with van der Waals surface area (Å²) in [6.07, 6.45) is 3.11. The number of benzene rings is 3. The van der Waals surface area contributed by atoms with E-state index in [-0.39, 0.29) is 6.42 Å². The lowest BCUT2D eigenvalue weighted by molar-refractivity contribution is -0.485. The zero-order valence-corrected chi connectivity index (χ0v) is 21.2. The summed E-state index contributed by atoms with van der Waals surface area (Å²) in [5.74, 6) is -1.36. The highest BCUT2D eigenvalue weighted by Crippen LogP contribution is 2.52. The molecule has 1 heterocycles. The average Bonchev–Trinajstić information content (AvgIpc) is 3.11. The number of allylic oxidation sites excluding steroid dienone is 1. The number of carbonyl (C=O) groups is 2. The van der Waals surface area contributed by atoms with E-state index in [4.69, 9.17) is 4.74 Å². The molecule has 3 aromatic rings. The van der Waals surface area contributed by atoms with E-state index < -0.39 is 40.4 Å². The SMILES string of the molecule is CC(C)(C)OC(=O)N1C(=O)[C@](C/C=C/c2ccccc2)([C@@H](C[N+](=O)[O-])c2ccccc2)c2ccccc21. The number of nitro groups is 1. The summed E-state index contributed by atoms with van der Waals surface area (Å²) in [6, 6.07) is 25.6. The topological polar surface area (TPSA) is 89.8 Å². The maximum absolute atomic E-state index is 14.4. The number of fused-ring (bicyclic) bond motifs is 1. The van der Waals surface area contributed by atoms with Gasteiger partial charge in [-0.1, -0.05) is 91.0 Å². The van der Waals surface area contributed by atoms with Crippen molar-refractivity contribution in [1.82, 2.24) is 0 Å². The van der Waals surface area contributed by atoms with Gasteiger partial charge in [-0.2, -0.15) is 0 Å². The molecule has 7 nitrogen and oxygen atoms in total. The summed E-state index contributed by atoms with van der Waals surface area (Å²) in [6.45, 7) is 4.71. The van der Waals surface area contributed by atoms with E-state index in [0.717, 1.165) is 10.5 Å². The van der Waals surface area contributed by atoms with Crippen LogP contribution in [-0.2, 0) is 14.9 Å². The summed E-state index contributed by atoms with van der Waals surface area (Å²) in [4.78, 5) is 40.4. The second-order valence-corrected chi connectivity index (χ2v) is 10.1. The lowest BCUT2D eigenvalue weighted by atomic mass is 9.66. The zero-order chi connectivity index (χ0) is 26.6. The standard InChI is InChI=1S/C30H30N2O5/c1-29(2,3)37-28(34)32-26-19-11-10-18-24(26)30(27(32)33,20-12-15-22-13-6-4-7-14-22)25(21-31(35)36)23-16-8-5-9-17-23/h4-19,25H,20-21H2,1-3H3/b15-12+/t25-,30-/m0/s1. The Kier molecular flexibility index (Phi) is 7.25. The first-order valence-electron chi connectivity index (χ1n) is 12.2. The Labute approximate surface area is 216 Å². The number of hydrogen-bond acceptors (Lipinski definition) is 5. The number of rotatable bonds is 7. The van der Waals surface area contributed by atoms with Gasteiger partial charge in [0.1, 0.15) is 5.60 Å². The predicted octanol–water partition coefficient (Wildman–Crippen LogP) is 6.37. The summed E-state index contributed by atoms with van der Waals surface area (Å²) in [5.41, 5.74) is 0.323. The summed E-state index contributed by atoms with van der Waals surface area (Å²) >= 11 is 0. The average molecular weight is 499 g/mol. The number of para-hydroxylation sites is 1. The lowest BCUT2D eigenvalue weighted by Crippen LogP contribution is -2.49. The van der Waals surface area contributed by atoms with Crippen LogP contribution in [-0.4, -0.2) is 29.1 Å². The number of carbonyl (C=O) groups excluding carboxylic acids is 2. The Morgan fingerprint density at radius 1 is 1.00 bits per heavy atom. The molecule has 0 fully saturated rings. The van der Waals surface area contributed by atoms with Crippen molar-refractivity contribution in [2.24, 2.45) is 0 Å². The number of ether oxygens (including phenoxy) is 1. The van der Waals surface area contributed by atoms with Crippen LogP contribution in [0.1, 0.15) is 49.8 Å². The Morgan fingerprint density at radius 3 is 2.22 bits per heavy atom. The maximum Gasteiger partial charge on any atom is 0.421 e. The van der Waals surface area contributed by atoms with Crippen LogP contribution < -0.4 is 4.90 Å². The highest BCUT2D eigenvalue weighted by Gasteiger charge is 2.58. The molecule has 2 atom stereocenters.